The molecule has 1 atom stereocenters. The lowest BCUT2D eigenvalue weighted by Crippen LogP contribution is -2.36. The van der Waals surface area contributed by atoms with E-state index in [1.165, 1.54) is 18.4 Å². The summed E-state index contributed by atoms with van der Waals surface area (Å²) in [6.07, 6.45) is 7.40. The van der Waals surface area contributed by atoms with Gasteiger partial charge in [0.1, 0.15) is 6.61 Å². The number of methoxy groups -OCH3 is 1. The van der Waals surface area contributed by atoms with Crippen LogP contribution in [-0.2, 0) is 9.59 Å². The lowest BCUT2D eigenvalue weighted by atomic mass is 9.96. The molecule has 3 rings (SSSR count). The number of Topliss-reactive ketones (excluding diaryl/α,β-unsaturated/α-hetero) is 1. The number of aromatic nitrogens is 1. The minimum absolute atomic E-state index is 0.0162. The lowest BCUT2D eigenvalue weighted by Gasteiger charge is -2.35. The maximum absolute atomic E-state index is 11.5. The highest BCUT2D eigenvalue weighted by Gasteiger charge is 2.24. The quantitative estimate of drug-likeness (QED) is 0.489. The summed E-state index contributed by atoms with van der Waals surface area (Å²) in [5.74, 6) is -2.36. The molecule has 1 saturated heterocycles. The van der Waals surface area contributed by atoms with Gasteiger partial charge in [0.2, 0.25) is 0 Å². The van der Waals surface area contributed by atoms with E-state index < -0.39 is 11.9 Å². The SMILES string of the molecule is COc1cc(C(C)=O)ccc1OCCN1CCCCC1c1cccnc1.O=C(O)C(=O)O. The summed E-state index contributed by atoms with van der Waals surface area (Å²) in [6.45, 7) is 4.04. The van der Waals surface area contributed by atoms with Crippen molar-refractivity contribution < 1.29 is 34.1 Å². The molecule has 9 heteroatoms. The summed E-state index contributed by atoms with van der Waals surface area (Å²) in [7, 11) is 1.59. The minimum Gasteiger partial charge on any atom is -0.493 e. The van der Waals surface area contributed by atoms with Crippen LogP contribution in [0.5, 0.6) is 11.5 Å². The molecule has 0 saturated carbocycles. The van der Waals surface area contributed by atoms with E-state index in [0.29, 0.717) is 29.7 Å². The molecule has 0 aliphatic carbocycles. The number of carbonyl (C=O) groups excluding carboxylic acids is 1. The number of carboxylic acid groups (broad SMARTS) is 2. The molecule has 32 heavy (non-hydrogen) atoms. The molecule has 172 valence electrons. The first kappa shape index (κ1) is 24.8. The van der Waals surface area contributed by atoms with Crippen molar-refractivity contribution in [2.45, 2.75) is 32.2 Å². The predicted molar refractivity (Wildman–Crippen MR) is 116 cm³/mol. The Balaban J connectivity index is 0.000000534. The number of pyridine rings is 1. The molecule has 2 aromatic rings. The van der Waals surface area contributed by atoms with Crippen LogP contribution in [-0.4, -0.2) is 64.6 Å². The second-order valence-electron chi connectivity index (χ2n) is 7.21. The van der Waals surface area contributed by atoms with Gasteiger partial charge >= 0.3 is 11.9 Å². The number of rotatable bonds is 7. The van der Waals surface area contributed by atoms with Crippen molar-refractivity contribution >= 4 is 17.7 Å². The summed E-state index contributed by atoms with van der Waals surface area (Å²) >= 11 is 0. The highest BCUT2D eigenvalue weighted by atomic mass is 16.5. The molecule has 9 nitrogen and oxygen atoms in total. The van der Waals surface area contributed by atoms with Crippen LogP contribution in [0.1, 0.15) is 48.1 Å². The Kier molecular flexibility index (Phi) is 9.62. The van der Waals surface area contributed by atoms with Crippen LogP contribution in [0.3, 0.4) is 0 Å². The van der Waals surface area contributed by atoms with Gasteiger partial charge < -0.3 is 19.7 Å². The third-order valence-corrected chi connectivity index (χ3v) is 5.07. The Labute approximate surface area is 186 Å². The number of aliphatic carboxylic acids is 2. The highest BCUT2D eigenvalue weighted by molar-refractivity contribution is 6.27. The van der Waals surface area contributed by atoms with E-state index in [-0.39, 0.29) is 5.78 Å². The Morgan fingerprint density at radius 1 is 1.12 bits per heavy atom. The van der Waals surface area contributed by atoms with Crippen LogP contribution < -0.4 is 9.47 Å². The molecule has 0 spiro atoms. The Hall–Kier alpha value is -3.46. The molecular weight excluding hydrogens is 416 g/mol. The second-order valence-corrected chi connectivity index (χ2v) is 7.21. The molecule has 0 bridgehead atoms. The fourth-order valence-corrected chi connectivity index (χ4v) is 3.49. The third kappa shape index (κ3) is 7.35. The Bertz CT molecular complexity index is 906. The van der Waals surface area contributed by atoms with Crippen LogP contribution in [0.2, 0.25) is 0 Å². The maximum atomic E-state index is 11.5. The molecule has 2 N–H and O–H groups in total. The second kappa shape index (κ2) is 12.4. The van der Waals surface area contributed by atoms with Gasteiger partial charge in [0, 0.05) is 30.5 Å². The monoisotopic (exact) mass is 444 g/mol. The largest absolute Gasteiger partial charge is 0.493 e. The lowest BCUT2D eigenvalue weighted by molar-refractivity contribution is -0.159. The highest BCUT2D eigenvalue weighted by Crippen LogP contribution is 2.31. The number of nitrogens with zero attached hydrogens (tertiary/aromatic N) is 2. The molecule has 1 unspecified atom stereocenters. The van der Waals surface area contributed by atoms with Gasteiger partial charge in [-0.2, -0.15) is 0 Å². The molecule has 1 fully saturated rings. The Morgan fingerprint density at radius 3 is 2.47 bits per heavy atom. The average Bonchev–Trinajstić information content (AvgIpc) is 2.80. The zero-order valence-corrected chi connectivity index (χ0v) is 18.2. The number of carbonyl (C=O) groups is 3. The van der Waals surface area contributed by atoms with Gasteiger partial charge in [-0.15, -0.1) is 0 Å². The zero-order chi connectivity index (χ0) is 23.5. The number of benzene rings is 1. The van der Waals surface area contributed by atoms with Gasteiger partial charge in [-0.1, -0.05) is 12.5 Å². The number of piperidine rings is 1. The minimum atomic E-state index is -1.82. The predicted octanol–water partition coefficient (Wildman–Crippen LogP) is 3.05. The molecule has 1 aliphatic heterocycles. The summed E-state index contributed by atoms with van der Waals surface area (Å²) in [5, 5.41) is 14.8. The van der Waals surface area contributed by atoms with E-state index in [1.807, 2.05) is 24.5 Å². The van der Waals surface area contributed by atoms with E-state index in [9.17, 15) is 4.79 Å². The van der Waals surface area contributed by atoms with Gasteiger partial charge in [0.25, 0.3) is 0 Å². The molecule has 0 amide bonds. The zero-order valence-electron chi connectivity index (χ0n) is 18.2. The molecular formula is C23H28N2O7. The normalized spacial score (nSPS) is 15.8. The van der Waals surface area contributed by atoms with E-state index in [1.54, 1.807) is 26.2 Å². The van der Waals surface area contributed by atoms with Crippen molar-refractivity contribution in [1.82, 2.24) is 9.88 Å². The first-order chi connectivity index (χ1) is 15.3. The van der Waals surface area contributed by atoms with Crippen molar-refractivity contribution in [1.29, 1.82) is 0 Å². The smallest absolute Gasteiger partial charge is 0.414 e. The molecule has 1 aromatic heterocycles. The summed E-state index contributed by atoms with van der Waals surface area (Å²) in [6, 6.07) is 9.88. The number of likely N-dealkylation sites (tertiary alicyclic amines) is 1. The fourth-order valence-electron chi connectivity index (χ4n) is 3.49. The summed E-state index contributed by atoms with van der Waals surface area (Å²) < 4.78 is 11.3. The van der Waals surface area contributed by atoms with Crippen LogP contribution in [0.4, 0.5) is 0 Å². The number of hydrogen-bond acceptors (Lipinski definition) is 7. The first-order valence-electron chi connectivity index (χ1n) is 10.3. The maximum Gasteiger partial charge on any atom is 0.414 e. The van der Waals surface area contributed by atoms with Gasteiger partial charge in [-0.25, -0.2) is 9.59 Å². The number of carboxylic acids is 2. The van der Waals surface area contributed by atoms with Gasteiger partial charge in [0.15, 0.2) is 17.3 Å². The van der Waals surface area contributed by atoms with Crippen LogP contribution >= 0.6 is 0 Å². The van der Waals surface area contributed by atoms with Gasteiger partial charge in [-0.05, 0) is 56.1 Å². The standard InChI is InChI=1S/C21H26N2O3.C2H2O4/c1-16(24)17-8-9-20(21(14-17)25-2)26-13-12-23-11-4-3-7-19(23)18-6-5-10-22-15-18;3-1(4)2(5)6/h5-6,8-10,14-15,19H,3-4,7,11-13H2,1-2H3;(H,3,4)(H,5,6). The van der Waals surface area contributed by atoms with Gasteiger partial charge in [-0.3, -0.25) is 14.7 Å². The summed E-state index contributed by atoms with van der Waals surface area (Å²) in [4.78, 5) is 36.4. The molecule has 2 heterocycles. The van der Waals surface area contributed by atoms with E-state index in [4.69, 9.17) is 29.3 Å². The van der Waals surface area contributed by atoms with Crippen LogP contribution in [0.25, 0.3) is 0 Å². The van der Waals surface area contributed by atoms with Crippen molar-refractivity contribution in [2.24, 2.45) is 0 Å². The van der Waals surface area contributed by atoms with E-state index >= 15 is 0 Å². The van der Waals surface area contributed by atoms with Crippen molar-refractivity contribution in [2.75, 3.05) is 26.8 Å². The van der Waals surface area contributed by atoms with Crippen molar-refractivity contribution in [3.63, 3.8) is 0 Å². The summed E-state index contributed by atoms with van der Waals surface area (Å²) in [5.41, 5.74) is 1.90. The van der Waals surface area contributed by atoms with Crippen molar-refractivity contribution in [3.8, 4) is 11.5 Å². The van der Waals surface area contributed by atoms with Crippen LogP contribution in [0.15, 0.2) is 42.7 Å². The molecule has 1 aromatic carbocycles. The first-order valence-corrected chi connectivity index (χ1v) is 10.3. The number of ether oxygens (including phenoxy) is 2. The van der Waals surface area contributed by atoms with Crippen LogP contribution in [0, 0.1) is 0 Å². The topological polar surface area (TPSA) is 126 Å². The van der Waals surface area contributed by atoms with E-state index in [0.717, 1.165) is 19.5 Å². The molecule has 1 aliphatic rings. The molecule has 0 radical (unpaired) electrons. The fraction of sp³-hybridized carbons (Fsp3) is 0.391. The average molecular weight is 444 g/mol. The van der Waals surface area contributed by atoms with Crippen molar-refractivity contribution in [3.05, 3.63) is 53.9 Å². The Morgan fingerprint density at radius 2 is 1.88 bits per heavy atom. The third-order valence-electron chi connectivity index (χ3n) is 5.07. The van der Waals surface area contributed by atoms with Gasteiger partial charge in [0.05, 0.1) is 7.11 Å². The number of hydrogen-bond donors (Lipinski definition) is 2. The number of ketones is 1. The van der Waals surface area contributed by atoms with E-state index in [2.05, 4.69) is 16.0 Å².